The predicted octanol–water partition coefficient (Wildman–Crippen LogP) is 4.08. The molecule has 0 unspecified atom stereocenters. The van der Waals surface area contributed by atoms with Crippen LogP contribution >= 0.6 is 0 Å². The van der Waals surface area contributed by atoms with E-state index in [2.05, 4.69) is 15.5 Å². The molecule has 25 heavy (non-hydrogen) atoms. The summed E-state index contributed by atoms with van der Waals surface area (Å²) in [7, 11) is 0. The van der Waals surface area contributed by atoms with Crippen LogP contribution in [-0.4, -0.2) is 22.1 Å². The standard InChI is InChI=1S/C20H19N3O2/c24-18(21-17-11-4-5-12-17)15-9-6-10-16(13-15)20-23-22-19(25-20)14-7-2-1-3-8-14/h1-3,6-10,13,17H,4-5,11-12H2,(H,21,24). The number of hydrogen-bond donors (Lipinski definition) is 1. The van der Waals surface area contributed by atoms with Gasteiger partial charge in [-0.05, 0) is 43.2 Å². The molecule has 3 aromatic rings. The predicted molar refractivity (Wildman–Crippen MR) is 94.9 cm³/mol. The number of nitrogens with zero attached hydrogens (tertiary/aromatic N) is 2. The van der Waals surface area contributed by atoms with Crippen molar-refractivity contribution in [2.45, 2.75) is 31.7 Å². The third-order valence-corrected chi connectivity index (χ3v) is 4.51. The SMILES string of the molecule is O=C(NC1CCCC1)c1cccc(-c2nnc(-c3ccccc3)o2)c1. The Morgan fingerprint density at radius 2 is 1.60 bits per heavy atom. The summed E-state index contributed by atoms with van der Waals surface area (Å²) < 4.78 is 5.77. The van der Waals surface area contributed by atoms with Crippen LogP contribution < -0.4 is 5.32 Å². The summed E-state index contributed by atoms with van der Waals surface area (Å²) in [5, 5.41) is 11.3. The Kier molecular flexibility index (Phi) is 4.29. The molecule has 0 radical (unpaired) electrons. The summed E-state index contributed by atoms with van der Waals surface area (Å²) in [4.78, 5) is 12.4. The molecule has 1 aromatic heterocycles. The highest BCUT2D eigenvalue weighted by atomic mass is 16.4. The Hall–Kier alpha value is -2.95. The maximum atomic E-state index is 12.4. The van der Waals surface area contributed by atoms with Gasteiger partial charge < -0.3 is 9.73 Å². The topological polar surface area (TPSA) is 68.0 Å². The number of rotatable bonds is 4. The van der Waals surface area contributed by atoms with Crippen molar-refractivity contribution in [2.24, 2.45) is 0 Å². The van der Waals surface area contributed by atoms with E-state index in [-0.39, 0.29) is 5.91 Å². The molecule has 1 amide bonds. The third kappa shape index (κ3) is 3.45. The van der Waals surface area contributed by atoms with E-state index in [9.17, 15) is 4.79 Å². The van der Waals surface area contributed by atoms with E-state index in [1.807, 2.05) is 48.5 Å². The lowest BCUT2D eigenvalue weighted by Crippen LogP contribution is -2.32. The molecule has 5 nitrogen and oxygen atoms in total. The van der Waals surface area contributed by atoms with Crippen LogP contribution in [0.3, 0.4) is 0 Å². The molecule has 0 bridgehead atoms. The monoisotopic (exact) mass is 333 g/mol. The number of carbonyl (C=O) groups is 1. The minimum atomic E-state index is -0.0449. The molecule has 1 fully saturated rings. The highest BCUT2D eigenvalue weighted by Gasteiger charge is 2.18. The fourth-order valence-electron chi connectivity index (χ4n) is 3.17. The van der Waals surface area contributed by atoms with Gasteiger partial charge in [0.25, 0.3) is 5.91 Å². The van der Waals surface area contributed by atoms with Crippen LogP contribution in [0.15, 0.2) is 59.0 Å². The maximum Gasteiger partial charge on any atom is 0.251 e. The molecule has 1 aliphatic rings. The van der Waals surface area contributed by atoms with E-state index in [4.69, 9.17) is 4.42 Å². The van der Waals surface area contributed by atoms with Gasteiger partial charge in [0.1, 0.15) is 0 Å². The Morgan fingerprint density at radius 3 is 2.36 bits per heavy atom. The van der Waals surface area contributed by atoms with E-state index in [1.54, 1.807) is 6.07 Å². The molecule has 0 aliphatic heterocycles. The summed E-state index contributed by atoms with van der Waals surface area (Å²) in [5.74, 6) is 0.835. The molecule has 0 atom stereocenters. The van der Waals surface area contributed by atoms with Gasteiger partial charge in [-0.2, -0.15) is 0 Å². The van der Waals surface area contributed by atoms with Crippen LogP contribution in [0, 0.1) is 0 Å². The van der Waals surface area contributed by atoms with Crippen molar-refractivity contribution in [3.8, 4) is 22.9 Å². The van der Waals surface area contributed by atoms with Gasteiger partial charge in [-0.15, -0.1) is 10.2 Å². The minimum Gasteiger partial charge on any atom is -0.416 e. The van der Waals surface area contributed by atoms with Crippen molar-refractivity contribution in [1.82, 2.24) is 15.5 Å². The molecule has 1 aliphatic carbocycles. The molecule has 0 spiro atoms. The van der Waals surface area contributed by atoms with Gasteiger partial charge in [-0.25, -0.2) is 0 Å². The molecule has 1 saturated carbocycles. The summed E-state index contributed by atoms with van der Waals surface area (Å²) in [6.07, 6.45) is 4.51. The average molecular weight is 333 g/mol. The quantitative estimate of drug-likeness (QED) is 0.781. The minimum absolute atomic E-state index is 0.0449. The Labute approximate surface area is 146 Å². The first-order valence-corrected chi connectivity index (χ1v) is 8.60. The lowest BCUT2D eigenvalue weighted by atomic mass is 10.1. The van der Waals surface area contributed by atoms with Crippen molar-refractivity contribution in [3.05, 3.63) is 60.2 Å². The van der Waals surface area contributed by atoms with E-state index in [0.717, 1.165) is 24.0 Å². The lowest BCUT2D eigenvalue weighted by molar-refractivity contribution is 0.0938. The normalized spacial score (nSPS) is 14.6. The van der Waals surface area contributed by atoms with Gasteiger partial charge >= 0.3 is 0 Å². The second kappa shape index (κ2) is 6.89. The first-order valence-electron chi connectivity index (χ1n) is 8.60. The highest BCUT2D eigenvalue weighted by molar-refractivity contribution is 5.95. The Bertz CT molecular complexity index is 867. The summed E-state index contributed by atoms with van der Waals surface area (Å²) in [6.45, 7) is 0. The third-order valence-electron chi connectivity index (χ3n) is 4.51. The van der Waals surface area contributed by atoms with Crippen LogP contribution in [0.4, 0.5) is 0 Å². The van der Waals surface area contributed by atoms with Gasteiger partial charge in [-0.1, -0.05) is 37.1 Å². The van der Waals surface area contributed by atoms with Crippen molar-refractivity contribution >= 4 is 5.91 Å². The second-order valence-electron chi connectivity index (χ2n) is 6.31. The number of nitrogens with one attached hydrogen (secondary N) is 1. The molecule has 4 rings (SSSR count). The summed E-state index contributed by atoms with van der Waals surface area (Å²) >= 11 is 0. The van der Waals surface area contributed by atoms with Crippen LogP contribution in [0.25, 0.3) is 22.9 Å². The van der Waals surface area contributed by atoms with Crippen molar-refractivity contribution in [1.29, 1.82) is 0 Å². The molecule has 5 heteroatoms. The summed E-state index contributed by atoms with van der Waals surface area (Å²) in [6, 6.07) is 17.2. The second-order valence-corrected chi connectivity index (χ2v) is 6.31. The largest absolute Gasteiger partial charge is 0.416 e. The number of carbonyl (C=O) groups excluding carboxylic acids is 1. The van der Waals surface area contributed by atoms with E-state index in [0.29, 0.717) is 23.4 Å². The van der Waals surface area contributed by atoms with Crippen molar-refractivity contribution in [2.75, 3.05) is 0 Å². The molecule has 126 valence electrons. The first kappa shape index (κ1) is 15.6. The number of aromatic nitrogens is 2. The van der Waals surface area contributed by atoms with Gasteiger partial charge in [0.2, 0.25) is 11.8 Å². The molecule has 0 saturated heterocycles. The van der Waals surface area contributed by atoms with Crippen LogP contribution in [-0.2, 0) is 0 Å². The fraction of sp³-hybridized carbons (Fsp3) is 0.250. The van der Waals surface area contributed by atoms with E-state index >= 15 is 0 Å². The van der Waals surface area contributed by atoms with E-state index < -0.39 is 0 Å². The summed E-state index contributed by atoms with van der Waals surface area (Å²) in [5.41, 5.74) is 2.23. The Balaban J connectivity index is 1.55. The molecule has 2 aromatic carbocycles. The zero-order chi connectivity index (χ0) is 17.1. The van der Waals surface area contributed by atoms with Gasteiger partial charge in [0.15, 0.2) is 0 Å². The van der Waals surface area contributed by atoms with Gasteiger partial charge in [0, 0.05) is 22.7 Å². The number of amides is 1. The molecule has 1 N–H and O–H groups in total. The highest BCUT2D eigenvalue weighted by Crippen LogP contribution is 2.24. The lowest BCUT2D eigenvalue weighted by Gasteiger charge is -2.12. The number of hydrogen-bond acceptors (Lipinski definition) is 4. The average Bonchev–Trinajstić information content (AvgIpc) is 3.34. The van der Waals surface area contributed by atoms with Gasteiger partial charge in [0.05, 0.1) is 0 Å². The first-order chi connectivity index (χ1) is 12.3. The zero-order valence-electron chi connectivity index (χ0n) is 13.8. The number of benzene rings is 2. The van der Waals surface area contributed by atoms with Crippen molar-refractivity contribution in [3.63, 3.8) is 0 Å². The molecule has 1 heterocycles. The Morgan fingerprint density at radius 1 is 0.920 bits per heavy atom. The van der Waals surface area contributed by atoms with Gasteiger partial charge in [-0.3, -0.25) is 4.79 Å². The van der Waals surface area contributed by atoms with Crippen LogP contribution in [0.1, 0.15) is 36.0 Å². The fourth-order valence-corrected chi connectivity index (χ4v) is 3.17. The smallest absolute Gasteiger partial charge is 0.251 e. The van der Waals surface area contributed by atoms with Crippen molar-refractivity contribution < 1.29 is 9.21 Å². The van der Waals surface area contributed by atoms with Crippen LogP contribution in [0.2, 0.25) is 0 Å². The maximum absolute atomic E-state index is 12.4. The van der Waals surface area contributed by atoms with E-state index in [1.165, 1.54) is 12.8 Å². The molecular weight excluding hydrogens is 314 g/mol. The van der Waals surface area contributed by atoms with Crippen LogP contribution in [0.5, 0.6) is 0 Å². The molecular formula is C20H19N3O2. The zero-order valence-corrected chi connectivity index (χ0v) is 13.8.